The molecule has 0 saturated heterocycles. The van der Waals surface area contributed by atoms with Crippen LogP contribution in [0.5, 0.6) is 0 Å². The Morgan fingerprint density at radius 1 is 1.43 bits per heavy atom. The Morgan fingerprint density at radius 3 is 2.70 bits per heavy atom. The van der Waals surface area contributed by atoms with Crippen LogP contribution in [0.25, 0.3) is 0 Å². The van der Waals surface area contributed by atoms with Crippen molar-refractivity contribution in [3.8, 4) is 0 Å². The number of nitro benzene ring substituents is 1. The summed E-state index contributed by atoms with van der Waals surface area (Å²) < 4.78 is 27.7. The van der Waals surface area contributed by atoms with E-state index in [4.69, 9.17) is 11.6 Å². The summed E-state index contributed by atoms with van der Waals surface area (Å²) in [5.74, 6) is 0. The monoisotopic (exact) mass is 358 g/mol. The molecular weight excluding hydrogens is 344 g/mol. The number of aryl methyl sites for hydroxylation is 1. The molecule has 1 heterocycles. The number of hydrogen-bond acceptors (Lipinski definition) is 5. The van der Waals surface area contributed by atoms with E-state index < -0.39 is 14.9 Å². The third kappa shape index (κ3) is 3.69. The highest BCUT2D eigenvalue weighted by atomic mass is 35.5. The smallest absolute Gasteiger partial charge is 0.270 e. The summed E-state index contributed by atoms with van der Waals surface area (Å²) in [5.41, 5.74) is 0.137. The molecule has 0 radical (unpaired) electrons. The first-order chi connectivity index (χ1) is 10.8. The SMILES string of the molecule is CCn1cc(Cl)c(CN(C)S(=O)(=O)c2cccc([N+](=O)[O-])c2)n1. The molecule has 0 aliphatic carbocycles. The molecule has 2 rings (SSSR count). The van der Waals surface area contributed by atoms with Gasteiger partial charge in [-0.25, -0.2) is 8.42 Å². The zero-order valence-corrected chi connectivity index (χ0v) is 14.1. The first-order valence-electron chi connectivity index (χ1n) is 6.68. The first-order valence-corrected chi connectivity index (χ1v) is 8.50. The molecule has 0 atom stereocenters. The lowest BCUT2D eigenvalue weighted by molar-refractivity contribution is -0.385. The van der Waals surface area contributed by atoms with Crippen molar-refractivity contribution in [3.05, 3.63) is 51.3 Å². The maximum Gasteiger partial charge on any atom is 0.270 e. The van der Waals surface area contributed by atoms with E-state index in [-0.39, 0.29) is 17.1 Å². The number of halogens is 1. The quantitative estimate of drug-likeness (QED) is 0.582. The number of sulfonamides is 1. The van der Waals surface area contributed by atoms with Crippen LogP contribution in [0.3, 0.4) is 0 Å². The molecule has 0 aliphatic heterocycles. The van der Waals surface area contributed by atoms with Crippen LogP contribution in [0.15, 0.2) is 35.4 Å². The lowest BCUT2D eigenvalue weighted by Crippen LogP contribution is -2.27. The molecule has 0 bridgehead atoms. The minimum absolute atomic E-state index is 0.0309. The van der Waals surface area contributed by atoms with Crippen LogP contribution in [-0.4, -0.2) is 34.5 Å². The predicted molar refractivity (Wildman–Crippen MR) is 84.7 cm³/mol. The minimum Gasteiger partial charge on any atom is -0.271 e. The molecular formula is C13H15ClN4O4S. The summed E-state index contributed by atoms with van der Waals surface area (Å²) in [6, 6.07) is 4.90. The molecule has 0 saturated carbocycles. The van der Waals surface area contributed by atoms with Gasteiger partial charge in [0.15, 0.2) is 0 Å². The zero-order valence-electron chi connectivity index (χ0n) is 12.5. The van der Waals surface area contributed by atoms with Crippen LogP contribution in [0.1, 0.15) is 12.6 Å². The molecule has 0 amide bonds. The van der Waals surface area contributed by atoms with Crippen molar-refractivity contribution < 1.29 is 13.3 Å². The predicted octanol–water partition coefficient (Wildman–Crippen LogP) is 2.29. The van der Waals surface area contributed by atoms with Gasteiger partial charge in [0, 0.05) is 31.9 Å². The van der Waals surface area contributed by atoms with E-state index in [1.165, 1.54) is 25.2 Å². The second-order valence-corrected chi connectivity index (χ2v) is 7.25. The lowest BCUT2D eigenvalue weighted by Gasteiger charge is -2.16. The van der Waals surface area contributed by atoms with Gasteiger partial charge in [-0.2, -0.15) is 9.40 Å². The molecule has 0 aliphatic rings. The van der Waals surface area contributed by atoms with Gasteiger partial charge in [0.25, 0.3) is 5.69 Å². The summed E-state index contributed by atoms with van der Waals surface area (Å²) in [6.45, 7) is 2.47. The van der Waals surface area contributed by atoms with E-state index in [9.17, 15) is 18.5 Å². The summed E-state index contributed by atoms with van der Waals surface area (Å²) in [7, 11) is -2.52. The van der Waals surface area contributed by atoms with Gasteiger partial charge >= 0.3 is 0 Å². The average molecular weight is 359 g/mol. The molecule has 2 aromatic rings. The van der Waals surface area contributed by atoms with Gasteiger partial charge in [-0.15, -0.1) is 0 Å². The Labute approximate surface area is 138 Å². The molecule has 8 nitrogen and oxygen atoms in total. The normalized spacial score (nSPS) is 11.8. The standard InChI is InChI=1S/C13H15ClN4O4S/c1-3-17-8-12(14)13(15-17)9-16(2)23(21,22)11-6-4-5-10(7-11)18(19)20/h4-8H,3,9H2,1-2H3. The van der Waals surface area contributed by atoms with Crippen molar-refractivity contribution in [2.24, 2.45) is 0 Å². The van der Waals surface area contributed by atoms with Crippen LogP contribution in [0, 0.1) is 10.1 Å². The molecule has 1 aromatic carbocycles. The first kappa shape index (κ1) is 17.4. The van der Waals surface area contributed by atoms with Gasteiger partial charge in [-0.1, -0.05) is 17.7 Å². The van der Waals surface area contributed by atoms with E-state index >= 15 is 0 Å². The van der Waals surface area contributed by atoms with Gasteiger partial charge in [-0.05, 0) is 13.0 Å². The van der Waals surface area contributed by atoms with E-state index in [0.29, 0.717) is 17.3 Å². The van der Waals surface area contributed by atoms with E-state index in [1.807, 2.05) is 6.92 Å². The lowest BCUT2D eigenvalue weighted by atomic mass is 10.3. The maximum absolute atomic E-state index is 12.5. The Morgan fingerprint density at radius 2 is 2.13 bits per heavy atom. The fraction of sp³-hybridized carbons (Fsp3) is 0.308. The summed E-state index contributed by atoms with van der Waals surface area (Å²) in [6.07, 6.45) is 1.62. The fourth-order valence-electron chi connectivity index (χ4n) is 1.94. The van der Waals surface area contributed by atoms with Gasteiger partial charge < -0.3 is 0 Å². The Balaban J connectivity index is 2.29. The second kappa shape index (κ2) is 6.65. The van der Waals surface area contributed by atoms with Crippen molar-refractivity contribution in [2.75, 3.05) is 7.05 Å². The van der Waals surface area contributed by atoms with E-state index in [0.717, 1.165) is 10.4 Å². The van der Waals surface area contributed by atoms with Crippen LogP contribution in [0.2, 0.25) is 5.02 Å². The van der Waals surface area contributed by atoms with Crippen LogP contribution < -0.4 is 0 Å². The molecule has 0 N–H and O–H groups in total. The zero-order chi connectivity index (χ0) is 17.2. The summed E-state index contributed by atoms with van der Waals surface area (Å²) in [5, 5.41) is 15.3. The average Bonchev–Trinajstić information content (AvgIpc) is 2.87. The molecule has 0 fully saturated rings. The highest BCUT2D eigenvalue weighted by molar-refractivity contribution is 7.89. The number of benzene rings is 1. The Hall–Kier alpha value is -1.97. The highest BCUT2D eigenvalue weighted by Gasteiger charge is 2.24. The summed E-state index contributed by atoms with van der Waals surface area (Å²) >= 11 is 6.04. The molecule has 0 unspecified atom stereocenters. The molecule has 23 heavy (non-hydrogen) atoms. The van der Waals surface area contributed by atoms with Gasteiger partial charge in [0.1, 0.15) is 0 Å². The molecule has 0 spiro atoms. The third-order valence-electron chi connectivity index (χ3n) is 3.22. The number of non-ortho nitro benzene ring substituents is 1. The Bertz CT molecular complexity index is 834. The van der Waals surface area contributed by atoms with Crippen molar-refractivity contribution in [1.29, 1.82) is 0 Å². The van der Waals surface area contributed by atoms with Crippen molar-refractivity contribution in [3.63, 3.8) is 0 Å². The van der Waals surface area contributed by atoms with Gasteiger partial charge in [-0.3, -0.25) is 14.8 Å². The molecule has 1 aromatic heterocycles. The number of nitro groups is 1. The number of aromatic nitrogens is 2. The van der Waals surface area contributed by atoms with Crippen molar-refractivity contribution in [2.45, 2.75) is 24.9 Å². The van der Waals surface area contributed by atoms with Crippen molar-refractivity contribution >= 4 is 27.3 Å². The van der Waals surface area contributed by atoms with Gasteiger partial charge in [0.2, 0.25) is 10.0 Å². The van der Waals surface area contributed by atoms with E-state index in [2.05, 4.69) is 5.10 Å². The number of nitrogens with zero attached hydrogens (tertiary/aromatic N) is 4. The molecule has 10 heteroatoms. The van der Waals surface area contributed by atoms with Crippen molar-refractivity contribution in [1.82, 2.24) is 14.1 Å². The number of hydrogen-bond donors (Lipinski definition) is 0. The number of rotatable bonds is 6. The van der Waals surface area contributed by atoms with E-state index in [1.54, 1.807) is 10.9 Å². The Kier molecular flexibility index (Phi) is 5.03. The van der Waals surface area contributed by atoms with Crippen LogP contribution in [-0.2, 0) is 23.1 Å². The topological polar surface area (TPSA) is 98.3 Å². The largest absolute Gasteiger partial charge is 0.271 e. The van der Waals surface area contributed by atoms with Crippen LogP contribution in [0.4, 0.5) is 5.69 Å². The molecule has 124 valence electrons. The summed E-state index contributed by atoms with van der Waals surface area (Å²) in [4.78, 5) is 10.00. The maximum atomic E-state index is 12.5. The fourth-order valence-corrected chi connectivity index (χ4v) is 3.32. The third-order valence-corrected chi connectivity index (χ3v) is 5.34. The van der Waals surface area contributed by atoms with Gasteiger partial charge in [0.05, 0.1) is 27.1 Å². The van der Waals surface area contributed by atoms with Crippen LogP contribution >= 0.6 is 11.6 Å². The second-order valence-electron chi connectivity index (χ2n) is 4.79. The highest BCUT2D eigenvalue weighted by Crippen LogP contribution is 2.23. The minimum atomic E-state index is -3.89.